The van der Waals surface area contributed by atoms with E-state index in [0.717, 1.165) is 11.1 Å². The van der Waals surface area contributed by atoms with E-state index in [-0.39, 0.29) is 17.4 Å². The average molecular weight is 782 g/mol. The summed E-state index contributed by atoms with van der Waals surface area (Å²) in [4.78, 5) is 46.1. The molecule has 0 aliphatic carbocycles. The average Bonchev–Trinajstić information content (AvgIpc) is 3.64. The molecule has 3 amide bonds. The number of nitrogens with one attached hydrogen (secondary N) is 3. The number of aromatic nitrogens is 1. The molecule has 13 heteroatoms. The molecule has 4 N–H and O–H groups in total. The Morgan fingerprint density at radius 3 is 2.34 bits per heavy atom. The number of nitrogens with zero attached hydrogens (tertiary/aromatic N) is 1. The molecule has 5 aromatic carbocycles. The lowest BCUT2D eigenvalue weighted by molar-refractivity contribution is -0.116. The topological polar surface area (TPSA) is 130 Å². The van der Waals surface area contributed by atoms with Crippen molar-refractivity contribution in [2.45, 2.75) is 10.1 Å². The van der Waals surface area contributed by atoms with E-state index < -0.39 is 17.1 Å². The van der Waals surface area contributed by atoms with Crippen LogP contribution in [0.2, 0.25) is 10.0 Å². The molecule has 266 valence electrons. The molecule has 0 radical (unpaired) electrons. The number of hydrogen-bond acceptors (Lipinski definition) is 8. The van der Waals surface area contributed by atoms with Gasteiger partial charge in [-0.2, -0.15) is 0 Å². The van der Waals surface area contributed by atoms with Crippen LogP contribution in [-0.4, -0.2) is 34.9 Å². The molecule has 6 aromatic rings. The van der Waals surface area contributed by atoms with Gasteiger partial charge in [-0.3, -0.25) is 14.4 Å². The molecule has 0 spiro atoms. The summed E-state index contributed by atoms with van der Waals surface area (Å²) in [5.41, 5.74) is 3.35. The maximum atomic E-state index is 13.8. The molecule has 1 heterocycles. The molecule has 9 nitrogen and oxygen atoms in total. The van der Waals surface area contributed by atoms with Gasteiger partial charge in [0.2, 0.25) is 5.91 Å². The minimum atomic E-state index is -0.679. The van der Waals surface area contributed by atoms with Crippen LogP contribution in [0.4, 0.5) is 10.8 Å². The number of aromatic hydroxyl groups is 1. The quantitative estimate of drug-likeness (QED) is 0.0719. The number of hydrogen-bond donors (Lipinski definition) is 4. The molecule has 0 aliphatic heterocycles. The summed E-state index contributed by atoms with van der Waals surface area (Å²) in [5.74, 6) is -1.10. The van der Waals surface area contributed by atoms with Crippen LogP contribution in [0.5, 0.6) is 11.5 Å². The van der Waals surface area contributed by atoms with Gasteiger partial charge in [0, 0.05) is 38.7 Å². The summed E-state index contributed by atoms with van der Waals surface area (Å²) in [5, 5.41) is 20.9. The van der Waals surface area contributed by atoms with Crippen LogP contribution < -0.4 is 20.7 Å². The van der Waals surface area contributed by atoms with Crippen molar-refractivity contribution in [3.05, 3.63) is 159 Å². The Labute approximate surface area is 323 Å². The number of thioether (sulfide) groups is 1. The molecule has 53 heavy (non-hydrogen) atoms. The fourth-order valence-corrected chi connectivity index (χ4v) is 7.19. The minimum absolute atomic E-state index is 0.0187. The van der Waals surface area contributed by atoms with Crippen molar-refractivity contribution in [3.63, 3.8) is 0 Å². The number of methoxy groups -OCH3 is 1. The van der Waals surface area contributed by atoms with Crippen molar-refractivity contribution in [1.82, 2.24) is 10.3 Å². The van der Waals surface area contributed by atoms with Crippen molar-refractivity contribution >= 4 is 80.9 Å². The van der Waals surface area contributed by atoms with E-state index in [1.165, 1.54) is 48.4 Å². The summed E-state index contributed by atoms with van der Waals surface area (Å²) in [6.07, 6.45) is 1.47. The number of ether oxygens (including phenoxy) is 1. The van der Waals surface area contributed by atoms with Crippen molar-refractivity contribution in [2.24, 2.45) is 0 Å². The molecule has 0 aliphatic rings. The SMILES string of the molecule is COc1cc(O)ccc1/C=C(/NC(=O)c1ccccc1)C(=O)Nc1cccc(SC(C(=O)Nc2nc(-c3ccc(Cl)c(Cl)c3)cs2)c2ccccc2)c1. The van der Waals surface area contributed by atoms with E-state index in [4.69, 9.17) is 27.9 Å². The molecule has 0 saturated heterocycles. The Hall–Kier alpha value is -5.59. The van der Waals surface area contributed by atoms with Crippen molar-refractivity contribution < 1.29 is 24.2 Å². The van der Waals surface area contributed by atoms with Gasteiger partial charge in [-0.1, -0.05) is 83.9 Å². The highest BCUT2D eigenvalue weighted by Crippen LogP contribution is 2.38. The van der Waals surface area contributed by atoms with Gasteiger partial charge >= 0.3 is 0 Å². The third-order valence-electron chi connectivity index (χ3n) is 7.68. The van der Waals surface area contributed by atoms with Gasteiger partial charge < -0.3 is 25.8 Å². The van der Waals surface area contributed by atoms with Gasteiger partial charge in [0.1, 0.15) is 22.4 Å². The highest BCUT2D eigenvalue weighted by Gasteiger charge is 2.24. The minimum Gasteiger partial charge on any atom is -0.508 e. The largest absolute Gasteiger partial charge is 0.508 e. The van der Waals surface area contributed by atoms with Crippen LogP contribution in [0.15, 0.2) is 137 Å². The second kappa shape index (κ2) is 17.3. The maximum Gasteiger partial charge on any atom is 0.272 e. The fraction of sp³-hybridized carbons (Fsp3) is 0.0500. The molecule has 1 aromatic heterocycles. The Balaban J connectivity index is 1.23. The number of rotatable bonds is 12. The summed E-state index contributed by atoms with van der Waals surface area (Å²) in [6, 6.07) is 34.5. The monoisotopic (exact) mass is 780 g/mol. The highest BCUT2D eigenvalue weighted by atomic mass is 35.5. The van der Waals surface area contributed by atoms with Crippen LogP contribution in [0.3, 0.4) is 0 Å². The van der Waals surface area contributed by atoms with Crippen LogP contribution in [0.25, 0.3) is 17.3 Å². The Bertz CT molecular complexity index is 2300. The Kier molecular flexibility index (Phi) is 12.1. The van der Waals surface area contributed by atoms with E-state index in [1.54, 1.807) is 66.7 Å². The van der Waals surface area contributed by atoms with E-state index >= 15 is 0 Å². The van der Waals surface area contributed by atoms with Gasteiger partial charge in [0.15, 0.2) is 5.13 Å². The van der Waals surface area contributed by atoms with E-state index in [0.29, 0.717) is 48.3 Å². The van der Waals surface area contributed by atoms with Gasteiger partial charge in [-0.15, -0.1) is 23.1 Å². The number of phenolic OH excluding ortho intramolecular Hbond substituents is 1. The lowest BCUT2D eigenvalue weighted by Gasteiger charge is -2.17. The first-order valence-corrected chi connectivity index (χ1v) is 18.5. The van der Waals surface area contributed by atoms with Gasteiger partial charge in [0.05, 0.1) is 22.8 Å². The molecular formula is C40H30Cl2N4O5S2. The highest BCUT2D eigenvalue weighted by molar-refractivity contribution is 8.00. The van der Waals surface area contributed by atoms with E-state index in [9.17, 15) is 19.5 Å². The normalized spacial score (nSPS) is 11.7. The maximum absolute atomic E-state index is 13.8. The second-order valence-electron chi connectivity index (χ2n) is 11.4. The summed E-state index contributed by atoms with van der Waals surface area (Å²) in [6.45, 7) is 0. The van der Waals surface area contributed by atoms with Crippen LogP contribution in [-0.2, 0) is 9.59 Å². The number of phenols is 1. The Morgan fingerprint density at radius 2 is 1.60 bits per heavy atom. The lowest BCUT2D eigenvalue weighted by atomic mass is 10.1. The zero-order chi connectivity index (χ0) is 37.3. The standard InChI is InChI=1S/C40H30Cl2N4O5S2/c1-51-35-22-29(47)17-15-27(35)20-33(44-37(48)25-11-6-3-7-12-25)38(49)43-28-13-8-14-30(21-28)53-36(24-9-4-2-5-10-24)39(50)46-40-45-34(23-52-40)26-16-18-31(41)32(42)19-26/h2-23,36,47H,1H3,(H,43,49)(H,44,48)(H,45,46,50)/b33-20+. The van der Waals surface area contributed by atoms with Gasteiger partial charge in [-0.05, 0) is 66.2 Å². The lowest BCUT2D eigenvalue weighted by Crippen LogP contribution is -2.30. The number of carbonyl (C=O) groups excluding carboxylic acids is 3. The number of halogens is 2. The molecule has 1 unspecified atom stereocenters. The van der Waals surface area contributed by atoms with Crippen LogP contribution >= 0.6 is 46.3 Å². The zero-order valence-electron chi connectivity index (χ0n) is 27.9. The number of carbonyl (C=O) groups is 3. The van der Waals surface area contributed by atoms with Crippen LogP contribution in [0, 0.1) is 0 Å². The molecule has 6 rings (SSSR count). The first-order chi connectivity index (χ1) is 25.7. The van der Waals surface area contributed by atoms with Gasteiger partial charge in [-0.25, -0.2) is 4.98 Å². The number of amides is 3. The third kappa shape index (κ3) is 9.65. The number of thiazole rings is 1. The molecule has 1 atom stereocenters. The number of benzene rings is 5. The molecule has 0 bridgehead atoms. The van der Waals surface area contributed by atoms with Crippen molar-refractivity contribution in [3.8, 4) is 22.8 Å². The fourth-order valence-electron chi connectivity index (χ4n) is 5.09. The molecule has 0 saturated carbocycles. The van der Waals surface area contributed by atoms with E-state index in [1.807, 2.05) is 47.8 Å². The van der Waals surface area contributed by atoms with Crippen LogP contribution in [0.1, 0.15) is 26.7 Å². The summed E-state index contributed by atoms with van der Waals surface area (Å²) < 4.78 is 5.39. The van der Waals surface area contributed by atoms with Crippen molar-refractivity contribution in [2.75, 3.05) is 17.7 Å². The first-order valence-electron chi connectivity index (χ1n) is 16.0. The summed E-state index contributed by atoms with van der Waals surface area (Å²) in [7, 11) is 1.44. The Morgan fingerprint density at radius 1 is 0.849 bits per heavy atom. The van der Waals surface area contributed by atoms with E-state index in [2.05, 4.69) is 20.9 Å². The summed E-state index contributed by atoms with van der Waals surface area (Å²) >= 11 is 14.9. The van der Waals surface area contributed by atoms with Crippen molar-refractivity contribution in [1.29, 1.82) is 0 Å². The predicted molar refractivity (Wildman–Crippen MR) is 213 cm³/mol. The molecule has 0 fully saturated rings. The number of anilines is 2. The molecular weight excluding hydrogens is 752 g/mol. The third-order valence-corrected chi connectivity index (χ3v) is 10.4. The van der Waals surface area contributed by atoms with Gasteiger partial charge in [0.25, 0.3) is 11.8 Å². The first kappa shape index (κ1) is 37.2. The second-order valence-corrected chi connectivity index (χ2v) is 14.2. The smallest absolute Gasteiger partial charge is 0.272 e. The predicted octanol–water partition coefficient (Wildman–Crippen LogP) is 9.71. The zero-order valence-corrected chi connectivity index (χ0v) is 31.0.